The number of aliphatic carboxylic acids is 1. The second-order valence-corrected chi connectivity index (χ2v) is 7.18. The van der Waals surface area contributed by atoms with Crippen LogP contribution in [0.1, 0.15) is 36.8 Å². The van der Waals surface area contributed by atoms with Crippen LogP contribution in [-0.4, -0.2) is 39.6 Å². The molecule has 158 valence electrons. The number of amides is 2. The number of aromatic hydroxyl groups is 1. The van der Waals surface area contributed by atoms with Gasteiger partial charge < -0.3 is 15.1 Å². The van der Waals surface area contributed by atoms with Crippen molar-refractivity contribution < 1.29 is 29.0 Å². The van der Waals surface area contributed by atoms with Gasteiger partial charge in [-0.25, -0.2) is 4.39 Å². The second kappa shape index (κ2) is 9.39. The highest BCUT2D eigenvalue weighted by molar-refractivity contribution is 5.85. The second-order valence-electron chi connectivity index (χ2n) is 7.18. The molecule has 0 spiro atoms. The molecule has 0 radical (unpaired) electrons. The van der Waals surface area contributed by atoms with Gasteiger partial charge in [-0.2, -0.15) is 0 Å². The Hall–Kier alpha value is -3.42. The number of hydrogen-bond donors (Lipinski definition) is 2. The zero-order valence-corrected chi connectivity index (χ0v) is 16.3. The molecule has 0 aliphatic carbocycles. The summed E-state index contributed by atoms with van der Waals surface area (Å²) in [5, 5.41) is 19.5. The molecule has 0 saturated carbocycles. The van der Waals surface area contributed by atoms with E-state index in [2.05, 4.69) is 0 Å². The molecule has 2 aromatic carbocycles. The number of carbonyl (C=O) groups excluding carboxylic acids is 2. The number of benzene rings is 2. The van der Waals surface area contributed by atoms with E-state index in [1.165, 1.54) is 15.9 Å². The summed E-state index contributed by atoms with van der Waals surface area (Å²) in [6.45, 7) is 0.0135. The van der Waals surface area contributed by atoms with Gasteiger partial charge in [0, 0.05) is 18.4 Å². The third kappa shape index (κ3) is 4.59. The van der Waals surface area contributed by atoms with E-state index in [1.54, 1.807) is 36.4 Å². The summed E-state index contributed by atoms with van der Waals surface area (Å²) >= 11 is 0. The van der Waals surface area contributed by atoms with Crippen molar-refractivity contribution in [2.24, 2.45) is 0 Å². The van der Waals surface area contributed by atoms with Crippen molar-refractivity contribution in [2.75, 3.05) is 4.90 Å². The summed E-state index contributed by atoms with van der Waals surface area (Å²) in [6.07, 6.45) is 1.10. The van der Waals surface area contributed by atoms with Crippen LogP contribution >= 0.6 is 0 Å². The maximum absolute atomic E-state index is 14.1. The van der Waals surface area contributed by atoms with Crippen LogP contribution in [0.2, 0.25) is 0 Å². The van der Waals surface area contributed by atoms with Gasteiger partial charge in [-0.15, -0.1) is 0 Å². The van der Waals surface area contributed by atoms with Crippen LogP contribution in [0.3, 0.4) is 0 Å². The molecular formula is C22H23FN2O5. The average Bonchev–Trinajstić information content (AvgIpc) is 3.07. The van der Waals surface area contributed by atoms with E-state index in [1.807, 2.05) is 0 Å². The van der Waals surface area contributed by atoms with Crippen LogP contribution in [0, 0.1) is 5.82 Å². The van der Waals surface area contributed by atoms with Crippen LogP contribution in [0.15, 0.2) is 42.5 Å². The zero-order valence-electron chi connectivity index (χ0n) is 16.3. The fourth-order valence-corrected chi connectivity index (χ4v) is 3.72. The Balaban J connectivity index is 1.85. The summed E-state index contributed by atoms with van der Waals surface area (Å²) in [5.74, 6) is -1.68. The summed E-state index contributed by atoms with van der Waals surface area (Å²) in [4.78, 5) is 37.9. The van der Waals surface area contributed by atoms with Gasteiger partial charge in [0.15, 0.2) is 0 Å². The molecule has 7 nitrogen and oxygen atoms in total. The predicted molar refractivity (Wildman–Crippen MR) is 107 cm³/mol. The van der Waals surface area contributed by atoms with Crippen molar-refractivity contribution in [3.05, 3.63) is 59.4 Å². The molecule has 1 aliphatic rings. The van der Waals surface area contributed by atoms with Gasteiger partial charge in [-0.05, 0) is 37.0 Å². The van der Waals surface area contributed by atoms with Gasteiger partial charge in [0.05, 0.1) is 12.2 Å². The van der Waals surface area contributed by atoms with Crippen LogP contribution in [0.4, 0.5) is 10.1 Å². The zero-order chi connectivity index (χ0) is 21.7. The highest BCUT2D eigenvalue weighted by Crippen LogP contribution is 2.36. The van der Waals surface area contributed by atoms with Crippen molar-refractivity contribution in [2.45, 2.75) is 44.8 Å². The highest BCUT2D eigenvalue weighted by atomic mass is 19.1. The molecule has 1 fully saturated rings. The number of nitrogens with zero attached hydrogens (tertiary/aromatic N) is 2. The largest absolute Gasteiger partial charge is 0.505 e. The van der Waals surface area contributed by atoms with Gasteiger partial charge in [0.2, 0.25) is 12.3 Å². The number of hydrogen-bond acceptors (Lipinski definition) is 4. The average molecular weight is 414 g/mol. The number of phenols is 1. The first-order valence-electron chi connectivity index (χ1n) is 9.71. The molecule has 0 aromatic heterocycles. The quantitative estimate of drug-likeness (QED) is 0.615. The minimum atomic E-state index is -0.923. The van der Waals surface area contributed by atoms with E-state index in [-0.39, 0.29) is 36.7 Å². The molecule has 1 atom stereocenters. The number of likely N-dealkylation sites (tertiary alicyclic amines) is 1. The number of phenolic OH excluding ortho intramolecular Hbond substituents is 1. The fourth-order valence-electron chi connectivity index (χ4n) is 3.72. The Morgan fingerprint density at radius 2 is 1.93 bits per heavy atom. The third-order valence-corrected chi connectivity index (χ3v) is 5.24. The SMILES string of the molecule is O=CN(c1cccc(CCCC(=O)O)c1O)C1CCC(=O)N1Cc1ccccc1F. The lowest BCUT2D eigenvalue weighted by atomic mass is 10.1. The van der Waals surface area contributed by atoms with Crippen LogP contribution in [-0.2, 0) is 27.3 Å². The lowest BCUT2D eigenvalue weighted by Crippen LogP contribution is -2.45. The maximum atomic E-state index is 14.1. The summed E-state index contributed by atoms with van der Waals surface area (Å²) in [6, 6.07) is 11.0. The summed E-state index contributed by atoms with van der Waals surface area (Å²) in [7, 11) is 0. The predicted octanol–water partition coefficient (Wildman–Crippen LogP) is 3.05. The number of rotatable bonds is 9. The molecule has 2 aromatic rings. The number of aryl methyl sites for hydroxylation is 1. The summed E-state index contributed by atoms with van der Waals surface area (Å²) < 4.78 is 14.1. The Labute approximate surface area is 173 Å². The van der Waals surface area contributed by atoms with E-state index in [4.69, 9.17) is 5.11 Å². The molecule has 30 heavy (non-hydrogen) atoms. The topological polar surface area (TPSA) is 98.1 Å². The molecule has 8 heteroatoms. The first-order valence-corrected chi connectivity index (χ1v) is 9.71. The molecule has 1 heterocycles. The maximum Gasteiger partial charge on any atom is 0.303 e. The lowest BCUT2D eigenvalue weighted by Gasteiger charge is -2.33. The monoisotopic (exact) mass is 414 g/mol. The normalized spacial score (nSPS) is 16.0. The Morgan fingerprint density at radius 3 is 2.63 bits per heavy atom. The summed E-state index contributed by atoms with van der Waals surface area (Å²) in [5.41, 5.74) is 1.09. The van der Waals surface area contributed by atoms with Crippen molar-refractivity contribution in [3.63, 3.8) is 0 Å². The number of carboxylic acid groups (broad SMARTS) is 1. The minimum absolute atomic E-state index is 0.0135. The standard InChI is InChI=1S/C22H23FN2O5/c23-17-8-2-1-5-16(17)13-24-19(11-12-20(24)27)25(14-26)18-9-3-6-15(22(18)30)7-4-10-21(28)29/h1-3,5-6,8-9,14,19,30H,4,7,10-13H2,(H,28,29). The van der Waals surface area contributed by atoms with E-state index >= 15 is 0 Å². The molecule has 2 N–H and O–H groups in total. The van der Waals surface area contributed by atoms with Gasteiger partial charge >= 0.3 is 5.97 Å². The van der Waals surface area contributed by atoms with E-state index in [0.29, 0.717) is 36.8 Å². The van der Waals surface area contributed by atoms with Gasteiger partial charge in [-0.1, -0.05) is 30.3 Å². The van der Waals surface area contributed by atoms with E-state index < -0.39 is 18.0 Å². The van der Waals surface area contributed by atoms with Gasteiger partial charge in [-0.3, -0.25) is 19.3 Å². The molecular weight excluding hydrogens is 391 g/mol. The van der Waals surface area contributed by atoms with Crippen molar-refractivity contribution in [3.8, 4) is 5.75 Å². The lowest BCUT2D eigenvalue weighted by molar-refractivity contribution is -0.137. The molecule has 1 unspecified atom stereocenters. The molecule has 1 aliphatic heterocycles. The molecule has 0 bridgehead atoms. The smallest absolute Gasteiger partial charge is 0.303 e. The van der Waals surface area contributed by atoms with Crippen LogP contribution in [0.25, 0.3) is 0 Å². The van der Waals surface area contributed by atoms with Gasteiger partial charge in [0.1, 0.15) is 17.7 Å². The number of para-hydroxylation sites is 1. The number of anilines is 1. The van der Waals surface area contributed by atoms with E-state index in [9.17, 15) is 23.9 Å². The number of carboxylic acids is 1. The Kier molecular flexibility index (Phi) is 6.66. The van der Waals surface area contributed by atoms with Crippen LogP contribution < -0.4 is 4.90 Å². The van der Waals surface area contributed by atoms with E-state index in [0.717, 1.165) is 0 Å². The minimum Gasteiger partial charge on any atom is -0.505 e. The van der Waals surface area contributed by atoms with Crippen LogP contribution in [0.5, 0.6) is 5.75 Å². The highest BCUT2D eigenvalue weighted by Gasteiger charge is 2.36. The molecule has 3 rings (SSSR count). The molecule has 2 amide bonds. The third-order valence-electron chi connectivity index (χ3n) is 5.24. The van der Waals surface area contributed by atoms with Crippen molar-refractivity contribution >= 4 is 24.0 Å². The Morgan fingerprint density at radius 1 is 1.20 bits per heavy atom. The first-order chi connectivity index (χ1) is 14.4. The van der Waals surface area contributed by atoms with Crippen molar-refractivity contribution in [1.82, 2.24) is 4.90 Å². The fraction of sp³-hybridized carbons (Fsp3) is 0.318. The molecule has 1 saturated heterocycles. The van der Waals surface area contributed by atoms with Crippen molar-refractivity contribution in [1.29, 1.82) is 0 Å². The number of halogens is 1. The van der Waals surface area contributed by atoms with Gasteiger partial charge in [0.25, 0.3) is 0 Å². The first kappa shape index (κ1) is 21.3. The number of carbonyl (C=O) groups is 3. The Bertz CT molecular complexity index is 949.